The number of fused-ring (bicyclic) bond motifs is 1. The highest BCUT2D eigenvalue weighted by Gasteiger charge is 1.97. The second kappa shape index (κ2) is 2.54. The van der Waals surface area contributed by atoms with E-state index in [4.69, 9.17) is 0 Å². The zero-order chi connectivity index (χ0) is 7.68. The van der Waals surface area contributed by atoms with E-state index in [0.29, 0.717) is 0 Å². The molecule has 2 heterocycles. The van der Waals surface area contributed by atoms with Crippen LogP contribution in [-0.2, 0) is 0 Å². The minimum Gasteiger partial charge on any atom is -0.360 e. The van der Waals surface area contributed by atoms with Gasteiger partial charge in [-0.25, -0.2) is 0 Å². The third-order valence-corrected chi connectivity index (χ3v) is 2.11. The first kappa shape index (κ1) is 6.67. The van der Waals surface area contributed by atoms with Crippen LogP contribution < -0.4 is 0 Å². The van der Waals surface area contributed by atoms with Crippen LogP contribution in [0.3, 0.4) is 0 Å². The fourth-order valence-electron chi connectivity index (χ4n) is 0.932. The molecule has 0 saturated heterocycles. The molecule has 0 amide bonds. The van der Waals surface area contributed by atoms with Crippen LogP contribution in [0.4, 0.5) is 0 Å². The SMILES string of the molecule is CSc1cc2[nH]ccc2nn1. The van der Waals surface area contributed by atoms with E-state index >= 15 is 0 Å². The molecule has 2 rings (SSSR count). The molecule has 4 heteroatoms. The van der Waals surface area contributed by atoms with E-state index in [-0.39, 0.29) is 0 Å². The van der Waals surface area contributed by atoms with Gasteiger partial charge in [-0.05, 0) is 18.4 Å². The molecule has 0 bridgehead atoms. The number of rotatable bonds is 1. The van der Waals surface area contributed by atoms with Gasteiger partial charge < -0.3 is 4.98 Å². The van der Waals surface area contributed by atoms with Gasteiger partial charge in [0.1, 0.15) is 10.5 Å². The Kier molecular flexibility index (Phi) is 1.54. The molecule has 0 saturated carbocycles. The average Bonchev–Trinajstić information content (AvgIpc) is 2.50. The summed E-state index contributed by atoms with van der Waals surface area (Å²) < 4.78 is 0. The molecule has 0 radical (unpaired) electrons. The topological polar surface area (TPSA) is 41.6 Å². The highest BCUT2D eigenvalue weighted by molar-refractivity contribution is 7.98. The second-order valence-electron chi connectivity index (χ2n) is 2.16. The first-order valence-corrected chi connectivity index (χ1v) is 4.47. The van der Waals surface area contributed by atoms with Crippen molar-refractivity contribution in [2.24, 2.45) is 0 Å². The zero-order valence-corrected chi connectivity index (χ0v) is 6.85. The Labute approximate surface area is 68.2 Å². The minimum absolute atomic E-state index is 0.919. The van der Waals surface area contributed by atoms with Crippen LogP contribution in [0.25, 0.3) is 11.0 Å². The van der Waals surface area contributed by atoms with E-state index in [1.54, 1.807) is 11.8 Å². The molecule has 2 aromatic rings. The van der Waals surface area contributed by atoms with E-state index in [0.717, 1.165) is 16.1 Å². The molecular formula is C7H7N3S. The summed E-state index contributed by atoms with van der Waals surface area (Å²) in [5.41, 5.74) is 1.96. The summed E-state index contributed by atoms with van der Waals surface area (Å²) in [6, 6.07) is 3.90. The normalized spacial score (nSPS) is 10.6. The van der Waals surface area contributed by atoms with Crippen LogP contribution in [0.5, 0.6) is 0 Å². The molecule has 2 aromatic heterocycles. The van der Waals surface area contributed by atoms with Crippen LogP contribution in [0, 0.1) is 0 Å². The molecule has 11 heavy (non-hydrogen) atoms. The van der Waals surface area contributed by atoms with Crippen LogP contribution in [-0.4, -0.2) is 21.4 Å². The van der Waals surface area contributed by atoms with Crippen molar-refractivity contribution in [3.05, 3.63) is 18.3 Å². The maximum atomic E-state index is 4.01. The number of nitrogens with one attached hydrogen (secondary N) is 1. The van der Waals surface area contributed by atoms with E-state index in [9.17, 15) is 0 Å². The Morgan fingerprint density at radius 1 is 1.45 bits per heavy atom. The Bertz CT molecular complexity index is 368. The molecule has 0 atom stereocenters. The molecule has 0 aliphatic heterocycles. The maximum Gasteiger partial charge on any atom is 0.121 e. The Hall–Kier alpha value is -1.03. The number of aromatic amines is 1. The average molecular weight is 165 g/mol. The van der Waals surface area contributed by atoms with E-state index < -0.39 is 0 Å². The number of thioether (sulfide) groups is 1. The van der Waals surface area contributed by atoms with Crippen LogP contribution in [0.15, 0.2) is 23.4 Å². The minimum atomic E-state index is 0.919. The largest absolute Gasteiger partial charge is 0.360 e. The molecule has 3 nitrogen and oxygen atoms in total. The Balaban J connectivity index is 2.67. The number of H-pyrrole nitrogens is 1. The molecule has 0 spiro atoms. The van der Waals surface area contributed by atoms with Gasteiger partial charge in [-0.3, -0.25) is 0 Å². The van der Waals surface area contributed by atoms with Gasteiger partial charge in [0.2, 0.25) is 0 Å². The molecule has 0 aliphatic carbocycles. The Morgan fingerprint density at radius 3 is 3.18 bits per heavy atom. The summed E-state index contributed by atoms with van der Waals surface area (Å²) in [5.74, 6) is 0. The number of aromatic nitrogens is 3. The third-order valence-electron chi connectivity index (χ3n) is 1.49. The summed E-state index contributed by atoms with van der Waals surface area (Å²) >= 11 is 1.59. The lowest BCUT2D eigenvalue weighted by molar-refractivity contribution is 0.966. The molecule has 56 valence electrons. The lowest BCUT2D eigenvalue weighted by atomic mass is 10.4. The predicted molar refractivity (Wildman–Crippen MR) is 45.7 cm³/mol. The quantitative estimate of drug-likeness (QED) is 0.654. The van der Waals surface area contributed by atoms with Crippen molar-refractivity contribution < 1.29 is 0 Å². The van der Waals surface area contributed by atoms with Gasteiger partial charge in [0.05, 0.1) is 5.52 Å². The van der Waals surface area contributed by atoms with E-state index in [1.807, 2.05) is 24.6 Å². The van der Waals surface area contributed by atoms with Gasteiger partial charge >= 0.3 is 0 Å². The summed E-state index contributed by atoms with van der Waals surface area (Å²) in [4.78, 5) is 3.08. The molecular weight excluding hydrogens is 158 g/mol. The first-order valence-electron chi connectivity index (χ1n) is 3.25. The van der Waals surface area contributed by atoms with Crippen LogP contribution in [0.1, 0.15) is 0 Å². The van der Waals surface area contributed by atoms with Gasteiger partial charge in [-0.1, -0.05) is 0 Å². The standard InChI is InChI=1S/C7H7N3S/c1-11-7-4-6-5(9-10-7)2-3-8-6/h2-4,8H,1H3. The zero-order valence-electron chi connectivity index (χ0n) is 6.03. The van der Waals surface area contributed by atoms with E-state index in [1.165, 1.54) is 0 Å². The number of hydrogen-bond donors (Lipinski definition) is 1. The summed E-state index contributed by atoms with van der Waals surface area (Å²) in [7, 11) is 0. The van der Waals surface area contributed by atoms with Gasteiger partial charge in [-0.2, -0.15) is 0 Å². The van der Waals surface area contributed by atoms with Crippen molar-refractivity contribution in [2.45, 2.75) is 5.03 Å². The van der Waals surface area contributed by atoms with Gasteiger partial charge in [0.15, 0.2) is 0 Å². The number of hydrogen-bond acceptors (Lipinski definition) is 3. The van der Waals surface area contributed by atoms with Crippen LogP contribution in [0.2, 0.25) is 0 Å². The van der Waals surface area contributed by atoms with Crippen molar-refractivity contribution in [3.8, 4) is 0 Å². The maximum absolute atomic E-state index is 4.01. The highest BCUT2D eigenvalue weighted by atomic mass is 32.2. The molecule has 0 aromatic carbocycles. The van der Waals surface area contributed by atoms with Gasteiger partial charge in [0, 0.05) is 6.20 Å². The van der Waals surface area contributed by atoms with Crippen molar-refractivity contribution in [2.75, 3.05) is 6.26 Å². The fourth-order valence-corrected chi connectivity index (χ4v) is 1.29. The molecule has 0 unspecified atom stereocenters. The fraction of sp³-hybridized carbons (Fsp3) is 0.143. The number of nitrogens with zero attached hydrogens (tertiary/aromatic N) is 2. The molecule has 0 aliphatic rings. The first-order chi connectivity index (χ1) is 5.40. The van der Waals surface area contributed by atoms with Crippen molar-refractivity contribution in [3.63, 3.8) is 0 Å². The van der Waals surface area contributed by atoms with Crippen molar-refractivity contribution in [1.29, 1.82) is 0 Å². The van der Waals surface area contributed by atoms with Gasteiger partial charge in [-0.15, -0.1) is 22.0 Å². The van der Waals surface area contributed by atoms with Crippen LogP contribution >= 0.6 is 11.8 Å². The van der Waals surface area contributed by atoms with Gasteiger partial charge in [0.25, 0.3) is 0 Å². The van der Waals surface area contributed by atoms with Crippen molar-refractivity contribution >= 4 is 22.8 Å². The summed E-state index contributed by atoms with van der Waals surface area (Å²) in [6.45, 7) is 0. The third kappa shape index (κ3) is 1.09. The van der Waals surface area contributed by atoms with Crippen molar-refractivity contribution in [1.82, 2.24) is 15.2 Å². The lowest BCUT2D eigenvalue weighted by Crippen LogP contribution is -1.83. The lowest BCUT2D eigenvalue weighted by Gasteiger charge is -1.91. The second-order valence-corrected chi connectivity index (χ2v) is 2.99. The smallest absolute Gasteiger partial charge is 0.121 e. The monoisotopic (exact) mass is 165 g/mol. The Morgan fingerprint density at radius 2 is 2.36 bits per heavy atom. The highest BCUT2D eigenvalue weighted by Crippen LogP contribution is 2.14. The van der Waals surface area contributed by atoms with E-state index in [2.05, 4.69) is 15.2 Å². The summed E-state index contributed by atoms with van der Waals surface area (Å²) in [6.07, 6.45) is 3.85. The molecule has 1 N–H and O–H groups in total. The summed E-state index contributed by atoms with van der Waals surface area (Å²) in [5, 5.41) is 8.94. The predicted octanol–water partition coefficient (Wildman–Crippen LogP) is 1.68. The molecule has 0 fully saturated rings.